The van der Waals surface area contributed by atoms with Gasteiger partial charge in [-0.05, 0) is 0 Å². The van der Waals surface area contributed by atoms with E-state index < -0.39 is 0 Å². The van der Waals surface area contributed by atoms with Gasteiger partial charge in [0.1, 0.15) is 0 Å². The second-order valence-electron chi connectivity index (χ2n) is 6.11. The first kappa shape index (κ1) is 17.5. The fourth-order valence-corrected chi connectivity index (χ4v) is 5.62. The standard InChI is InChI=1S/C22H15N2Se.Ir/c1-15-20(14-23-24(15)17-7-3-2-4-8-17)16-11-12-22-19(13-16)18-9-5-6-10-21(18)25-22;/h2-7,9-14H,1H3;/q-1;. The Labute approximate surface area is 171 Å². The maximum Gasteiger partial charge on any atom is 0 e. The quantitative estimate of drug-likeness (QED) is 0.213. The molecule has 0 atom stereocenters. The minimum absolute atomic E-state index is 0. The second-order valence-corrected chi connectivity index (χ2v) is 8.39. The fourth-order valence-electron chi connectivity index (χ4n) is 3.35. The van der Waals surface area contributed by atoms with Crippen LogP contribution in [0.4, 0.5) is 0 Å². The molecule has 0 bridgehead atoms. The van der Waals surface area contributed by atoms with Crippen LogP contribution in [-0.2, 0) is 20.1 Å². The van der Waals surface area contributed by atoms with Crippen molar-refractivity contribution in [3.63, 3.8) is 0 Å². The van der Waals surface area contributed by atoms with Gasteiger partial charge in [0.15, 0.2) is 0 Å². The number of hydrogen-bond donors (Lipinski definition) is 0. The average Bonchev–Trinajstić information content (AvgIpc) is 3.22. The van der Waals surface area contributed by atoms with E-state index >= 15 is 0 Å². The van der Waals surface area contributed by atoms with Crippen LogP contribution in [0.15, 0.2) is 72.9 Å². The van der Waals surface area contributed by atoms with Crippen LogP contribution in [0.5, 0.6) is 0 Å². The Morgan fingerprint density at radius 2 is 1.73 bits per heavy atom. The zero-order valence-corrected chi connectivity index (χ0v) is 18.2. The summed E-state index contributed by atoms with van der Waals surface area (Å²) in [4.78, 5) is 0. The molecule has 5 aromatic rings. The molecule has 4 heteroatoms. The number of rotatable bonds is 2. The molecule has 0 N–H and O–H groups in total. The summed E-state index contributed by atoms with van der Waals surface area (Å²) >= 11 is 0.419. The van der Waals surface area contributed by atoms with Crippen molar-refractivity contribution >= 4 is 33.8 Å². The number of hydrogen-bond acceptors (Lipinski definition) is 1. The minimum Gasteiger partial charge on any atom is 0 e. The van der Waals surface area contributed by atoms with E-state index in [-0.39, 0.29) is 20.1 Å². The van der Waals surface area contributed by atoms with Crippen molar-refractivity contribution < 1.29 is 20.1 Å². The molecule has 0 saturated heterocycles. The summed E-state index contributed by atoms with van der Waals surface area (Å²) in [5.74, 6) is 0. The van der Waals surface area contributed by atoms with Crippen LogP contribution in [0.3, 0.4) is 0 Å². The molecule has 5 rings (SSSR count). The Balaban J connectivity index is 0.00000168. The van der Waals surface area contributed by atoms with Gasteiger partial charge in [-0.25, -0.2) is 0 Å². The molecule has 0 saturated carbocycles. The number of fused-ring (bicyclic) bond motifs is 3. The molecule has 3 aromatic carbocycles. The topological polar surface area (TPSA) is 17.8 Å². The van der Waals surface area contributed by atoms with Gasteiger partial charge in [-0.2, -0.15) is 0 Å². The van der Waals surface area contributed by atoms with Crippen LogP contribution >= 0.6 is 0 Å². The monoisotopic (exact) mass is 580 g/mol. The van der Waals surface area contributed by atoms with E-state index in [1.165, 1.54) is 30.4 Å². The first-order valence-electron chi connectivity index (χ1n) is 8.25. The smallest absolute Gasteiger partial charge is 0 e. The molecular formula is C22H15IrN2Se-. The Morgan fingerprint density at radius 3 is 2.58 bits per heavy atom. The SMILES string of the molecule is Cc1c(-c2ccc3[se]c4ccccc4c3c2)cnn1-c1[c-]cccc1.[Ir]. The van der Waals surface area contributed by atoms with Gasteiger partial charge in [0.2, 0.25) is 0 Å². The summed E-state index contributed by atoms with van der Waals surface area (Å²) in [6.45, 7) is 2.12. The molecule has 2 heterocycles. The molecule has 2 aromatic heterocycles. The molecule has 0 amide bonds. The van der Waals surface area contributed by atoms with Gasteiger partial charge in [-0.3, -0.25) is 0 Å². The summed E-state index contributed by atoms with van der Waals surface area (Å²) in [5, 5.41) is 7.36. The summed E-state index contributed by atoms with van der Waals surface area (Å²) in [6.07, 6.45) is 1.96. The first-order chi connectivity index (χ1) is 12.3. The van der Waals surface area contributed by atoms with Gasteiger partial charge in [-0.1, -0.05) is 0 Å². The van der Waals surface area contributed by atoms with Gasteiger partial charge < -0.3 is 0 Å². The number of aromatic nitrogens is 2. The first-order valence-corrected chi connectivity index (χ1v) is 9.96. The normalized spacial score (nSPS) is 11.0. The van der Waals surface area contributed by atoms with E-state index in [1.54, 1.807) is 0 Å². The predicted molar refractivity (Wildman–Crippen MR) is 105 cm³/mol. The van der Waals surface area contributed by atoms with Crippen molar-refractivity contribution in [2.24, 2.45) is 0 Å². The van der Waals surface area contributed by atoms with Crippen molar-refractivity contribution in [3.8, 4) is 16.8 Å². The molecule has 0 spiro atoms. The molecule has 0 unspecified atom stereocenters. The van der Waals surface area contributed by atoms with Crippen molar-refractivity contribution in [1.29, 1.82) is 0 Å². The minimum atomic E-state index is 0. The van der Waals surface area contributed by atoms with Gasteiger partial charge in [0.25, 0.3) is 0 Å². The van der Waals surface area contributed by atoms with Crippen LogP contribution in [0.1, 0.15) is 5.69 Å². The van der Waals surface area contributed by atoms with Gasteiger partial charge >= 0.3 is 152 Å². The molecule has 26 heavy (non-hydrogen) atoms. The van der Waals surface area contributed by atoms with Crippen LogP contribution in [0, 0.1) is 13.0 Å². The largest absolute Gasteiger partial charge is 0 e. The van der Waals surface area contributed by atoms with Crippen molar-refractivity contribution in [2.45, 2.75) is 6.92 Å². The second kappa shape index (κ2) is 6.98. The zero-order chi connectivity index (χ0) is 16.8. The Morgan fingerprint density at radius 1 is 0.923 bits per heavy atom. The molecule has 0 aliphatic rings. The van der Waals surface area contributed by atoms with Gasteiger partial charge in [0.05, 0.1) is 0 Å². The number of benzene rings is 3. The van der Waals surface area contributed by atoms with E-state index in [1.807, 2.05) is 35.1 Å². The summed E-state index contributed by atoms with van der Waals surface area (Å²) in [6, 6.07) is 26.8. The molecule has 129 valence electrons. The predicted octanol–water partition coefficient (Wildman–Crippen LogP) is 5.01. The number of para-hydroxylation sites is 1. The van der Waals surface area contributed by atoms with Gasteiger partial charge in [0, 0.05) is 20.1 Å². The van der Waals surface area contributed by atoms with Crippen LogP contribution < -0.4 is 0 Å². The average molecular weight is 579 g/mol. The van der Waals surface area contributed by atoms with Gasteiger partial charge in [-0.15, -0.1) is 0 Å². The Hall–Kier alpha value is -1.96. The maximum absolute atomic E-state index is 4.59. The van der Waals surface area contributed by atoms with Crippen LogP contribution in [-0.4, -0.2) is 24.3 Å². The van der Waals surface area contributed by atoms with Crippen LogP contribution in [0.2, 0.25) is 0 Å². The molecule has 1 radical (unpaired) electrons. The third-order valence-corrected chi connectivity index (χ3v) is 7.03. The third-order valence-electron chi connectivity index (χ3n) is 4.62. The Kier molecular flexibility index (Phi) is 4.69. The summed E-state index contributed by atoms with van der Waals surface area (Å²) in [5.41, 5.74) is 4.52. The molecule has 2 nitrogen and oxygen atoms in total. The third kappa shape index (κ3) is 2.80. The number of nitrogens with zero attached hydrogens (tertiary/aromatic N) is 2. The molecular weight excluding hydrogens is 563 g/mol. The zero-order valence-electron chi connectivity index (χ0n) is 14.1. The van der Waals surface area contributed by atoms with Crippen molar-refractivity contribution in [2.75, 3.05) is 0 Å². The van der Waals surface area contributed by atoms with Crippen LogP contribution in [0.25, 0.3) is 36.1 Å². The van der Waals surface area contributed by atoms with E-state index in [0.717, 1.165) is 11.4 Å². The maximum atomic E-state index is 4.59. The summed E-state index contributed by atoms with van der Waals surface area (Å²) in [7, 11) is 0. The van der Waals surface area contributed by atoms with E-state index in [4.69, 9.17) is 0 Å². The fraction of sp³-hybridized carbons (Fsp3) is 0.0455. The van der Waals surface area contributed by atoms with Crippen molar-refractivity contribution in [1.82, 2.24) is 9.78 Å². The Bertz CT molecular complexity index is 1210. The molecule has 0 fully saturated rings. The summed E-state index contributed by atoms with van der Waals surface area (Å²) < 4.78 is 4.91. The van der Waals surface area contributed by atoms with Crippen molar-refractivity contribution in [3.05, 3.63) is 84.7 Å². The van der Waals surface area contributed by atoms with E-state index in [2.05, 4.69) is 60.6 Å². The molecule has 0 aliphatic carbocycles. The molecule has 0 aliphatic heterocycles. The van der Waals surface area contributed by atoms with E-state index in [0.29, 0.717) is 14.5 Å². The van der Waals surface area contributed by atoms with E-state index in [9.17, 15) is 0 Å².